The first-order chi connectivity index (χ1) is 18.4. The summed E-state index contributed by atoms with van der Waals surface area (Å²) in [6, 6.07) is 16.6. The van der Waals surface area contributed by atoms with Crippen molar-refractivity contribution in [1.82, 2.24) is 0 Å². The molecule has 0 bridgehead atoms. The highest BCUT2D eigenvalue weighted by Crippen LogP contribution is 2.44. The summed E-state index contributed by atoms with van der Waals surface area (Å²) >= 11 is 0. The van der Waals surface area contributed by atoms with Gasteiger partial charge in [0.05, 0.1) is 19.2 Å². The molecule has 0 unspecified atom stereocenters. The van der Waals surface area contributed by atoms with Crippen molar-refractivity contribution in [3.8, 4) is 22.6 Å². The molecule has 5 nitrogen and oxygen atoms in total. The fourth-order valence-corrected chi connectivity index (χ4v) is 5.96. The number of benzene rings is 3. The summed E-state index contributed by atoms with van der Waals surface area (Å²) in [7, 11) is 1.44. The van der Waals surface area contributed by atoms with E-state index in [2.05, 4.69) is 55.4 Å². The molecule has 0 heterocycles. The fourth-order valence-electron chi connectivity index (χ4n) is 5.46. The second-order valence-corrected chi connectivity index (χ2v) is 15.9. The van der Waals surface area contributed by atoms with Gasteiger partial charge in [0.25, 0.3) is 0 Å². The highest BCUT2D eigenvalue weighted by atomic mass is 28.3. The topological polar surface area (TPSA) is 55.8 Å². The van der Waals surface area contributed by atoms with Crippen LogP contribution >= 0.6 is 0 Å². The molecular weight excluding hydrogens is 502 g/mol. The Balaban J connectivity index is 1.69. The van der Waals surface area contributed by atoms with E-state index in [0.717, 1.165) is 33.5 Å². The Morgan fingerprint density at radius 3 is 2.00 bits per heavy atom. The van der Waals surface area contributed by atoms with E-state index >= 15 is 0 Å². The van der Waals surface area contributed by atoms with Crippen LogP contribution < -0.4 is 4.90 Å². The average molecular weight is 540 g/mol. The van der Waals surface area contributed by atoms with Gasteiger partial charge >= 0.3 is 12.1 Å². The summed E-state index contributed by atoms with van der Waals surface area (Å²) in [5.41, 5.74) is 13.3. The van der Waals surface area contributed by atoms with Crippen molar-refractivity contribution in [1.29, 1.82) is 0 Å². The Morgan fingerprint density at radius 1 is 0.897 bits per heavy atom. The molecule has 202 valence electrons. The molecule has 6 heteroatoms. The quantitative estimate of drug-likeness (QED) is 0.200. The van der Waals surface area contributed by atoms with Gasteiger partial charge in [-0.25, -0.2) is 4.79 Å². The maximum atomic E-state index is 13.5. The molecule has 0 saturated carbocycles. The van der Waals surface area contributed by atoms with Gasteiger partial charge in [0.2, 0.25) is 0 Å². The molecule has 1 amide bonds. The van der Waals surface area contributed by atoms with E-state index in [1.54, 1.807) is 11.9 Å². The number of anilines is 1. The van der Waals surface area contributed by atoms with Crippen molar-refractivity contribution in [3.63, 3.8) is 0 Å². The Hall–Kier alpha value is -3.82. The van der Waals surface area contributed by atoms with E-state index in [9.17, 15) is 9.59 Å². The second-order valence-electron chi connectivity index (χ2n) is 11.2. The first-order valence-corrected chi connectivity index (χ1v) is 16.8. The number of carbonyl (C=O) groups excluding carboxylic acids is 2. The number of esters is 1. The van der Waals surface area contributed by atoms with Crippen LogP contribution in [0.1, 0.15) is 44.9 Å². The molecule has 0 saturated heterocycles. The monoisotopic (exact) mass is 539 g/mol. The standard InChI is InChI=1S/C33H37NO4Si/c1-21-24(17-18-39(6,7)8)22(2)32(23(3)29(21)19-31(35)37-5)34(4)33(36)38-20-30-27-15-11-9-13-25(27)26-14-10-12-16-28(26)30/h9-16,30H,19-20H2,1-8H3. The smallest absolute Gasteiger partial charge is 0.414 e. The minimum absolute atomic E-state index is 0.0250. The molecule has 0 radical (unpaired) electrons. The molecule has 3 aromatic rings. The number of fused-ring (bicyclic) bond motifs is 3. The van der Waals surface area contributed by atoms with Crippen LogP contribution in [0.3, 0.4) is 0 Å². The predicted octanol–water partition coefficient (Wildman–Crippen LogP) is 6.94. The van der Waals surface area contributed by atoms with Gasteiger partial charge in [0.1, 0.15) is 14.7 Å². The highest BCUT2D eigenvalue weighted by molar-refractivity contribution is 6.83. The zero-order valence-electron chi connectivity index (χ0n) is 24.2. The summed E-state index contributed by atoms with van der Waals surface area (Å²) < 4.78 is 10.9. The minimum Gasteiger partial charge on any atom is -0.469 e. The van der Waals surface area contributed by atoms with E-state index in [1.807, 2.05) is 45.0 Å². The van der Waals surface area contributed by atoms with E-state index in [0.29, 0.717) is 0 Å². The van der Waals surface area contributed by atoms with Crippen molar-refractivity contribution in [2.75, 3.05) is 25.7 Å². The van der Waals surface area contributed by atoms with Crippen LogP contribution in [0.5, 0.6) is 0 Å². The largest absolute Gasteiger partial charge is 0.469 e. The van der Waals surface area contributed by atoms with Crippen LogP contribution in [-0.2, 0) is 20.7 Å². The lowest BCUT2D eigenvalue weighted by Crippen LogP contribution is -2.30. The van der Waals surface area contributed by atoms with E-state index in [-0.39, 0.29) is 24.9 Å². The molecule has 39 heavy (non-hydrogen) atoms. The molecule has 0 aromatic heterocycles. The molecule has 4 rings (SSSR count). The van der Waals surface area contributed by atoms with E-state index in [1.165, 1.54) is 29.4 Å². The van der Waals surface area contributed by atoms with Gasteiger partial charge in [-0.2, -0.15) is 0 Å². The van der Waals surface area contributed by atoms with Gasteiger partial charge in [-0.1, -0.05) is 74.1 Å². The normalized spacial score (nSPS) is 12.2. The zero-order chi connectivity index (χ0) is 28.5. The van der Waals surface area contributed by atoms with Gasteiger partial charge in [-0.15, -0.1) is 5.54 Å². The molecule has 0 spiro atoms. The summed E-state index contributed by atoms with van der Waals surface area (Å²) in [5.74, 6) is 3.04. The van der Waals surface area contributed by atoms with Crippen molar-refractivity contribution >= 4 is 25.8 Å². The lowest BCUT2D eigenvalue weighted by atomic mass is 9.89. The number of hydrogen-bond acceptors (Lipinski definition) is 4. The zero-order valence-corrected chi connectivity index (χ0v) is 25.2. The molecule has 0 atom stereocenters. The summed E-state index contributed by atoms with van der Waals surface area (Å²) in [4.78, 5) is 27.4. The maximum absolute atomic E-state index is 13.5. The first-order valence-electron chi connectivity index (χ1n) is 13.3. The average Bonchev–Trinajstić information content (AvgIpc) is 3.22. The minimum atomic E-state index is -1.67. The number of amides is 1. The number of nitrogens with zero attached hydrogens (tertiary/aromatic N) is 1. The molecule has 3 aromatic carbocycles. The number of carbonyl (C=O) groups is 2. The van der Waals surface area contributed by atoms with Crippen molar-refractivity contribution in [2.24, 2.45) is 0 Å². The number of rotatable bonds is 5. The Bertz CT molecular complexity index is 1460. The third-order valence-electron chi connectivity index (χ3n) is 7.42. The van der Waals surface area contributed by atoms with Crippen LogP contribution in [0, 0.1) is 32.2 Å². The SMILES string of the molecule is COC(=O)Cc1c(C)c(C#C[Si](C)(C)C)c(C)c(N(C)C(=O)OCC2c3ccccc3-c3ccccc32)c1C. The Kier molecular flexibility index (Phi) is 8.03. The van der Waals surface area contributed by atoms with Crippen LogP contribution in [0.2, 0.25) is 19.6 Å². The van der Waals surface area contributed by atoms with Gasteiger partial charge in [-0.05, 0) is 65.3 Å². The van der Waals surface area contributed by atoms with E-state index < -0.39 is 14.2 Å². The molecular formula is C33H37NO4Si. The molecule has 0 N–H and O–H groups in total. The van der Waals surface area contributed by atoms with Gasteiger partial charge in [-0.3, -0.25) is 9.69 Å². The molecule has 0 fully saturated rings. The van der Waals surface area contributed by atoms with Gasteiger partial charge in [0.15, 0.2) is 0 Å². The Labute approximate surface area is 233 Å². The highest BCUT2D eigenvalue weighted by Gasteiger charge is 2.30. The lowest BCUT2D eigenvalue weighted by molar-refractivity contribution is -0.139. The van der Waals surface area contributed by atoms with Crippen molar-refractivity contribution in [2.45, 2.75) is 52.8 Å². The van der Waals surface area contributed by atoms with Gasteiger partial charge in [0, 0.05) is 18.5 Å². The summed E-state index contributed by atoms with van der Waals surface area (Å²) in [5, 5.41) is 0. The second kappa shape index (κ2) is 11.1. The number of hydrogen-bond donors (Lipinski definition) is 0. The van der Waals surface area contributed by atoms with Crippen LogP contribution in [0.4, 0.5) is 10.5 Å². The number of ether oxygens (including phenoxy) is 2. The molecule has 1 aliphatic carbocycles. The van der Waals surface area contributed by atoms with E-state index in [4.69, 9.17) is 9.47 Å². The first kappa shape index (κ1) is 28.2. The number of methoxy groups -OCH3 is 1. The van der Waals surface area contributed by atoms with Crippen LogP contribution in [-0.4, -0.2) is 40.9 Å². The third-order valence-corrected chi connectivity index (χ3v) is 8.30. The Morgan fingerprint density at radius 2 is 1.46 bits per heavy atom. The molecule has 1 aliphatic rings. The fraction of sp³-hybridized carbons (Fsp3) is 0.333. The third kappa shape index (κ3) is 5.64. The van der Waals surface area contributed by atoms with Crippen molar-refractivity contribution < 1.29 is 19.1 Å². The van der Waals surface area contributed by atoms with Gasteiger partial charge < -0.3 is 9.47 Å². The van der Waals surface area contributed by atoms with Crippen LogP contribution in [0.25, 0.3) is 11.1 Å². The van der Waals surface area contributed by atoms with Crippen molar-refractivity contribution in [3.05, 3.63) is 87.5 Å². The lowest BCUT2D eigenvalue weighted by Gasteiger charge is -2.26. The maximum Gasteiger partial charge on any atom is 0.414 e. The van der Waals surface area contributed by atoms with Crippen LogP contribution in [0.15, 0.2) is 48.5 Å². The summed E-state index contributed by atoms with van der Waals surface area (Å²) in [6.45, 7) is 12.7. The molecule has 0 aliphatic heterocycles. The summed E-state index contributed by atoms with van der Waals surface area (Å²) in [6.07, 6.45) is -0.332. The predicted molar refractivity (Wildman–Crippen MR) is 160 cm³/mol.